The molecule has 5 rings (SSSR count). The standard InChI is InChI=1S/C30H29N3O5/c1-18(2)14-27(35)31-23-11-8-21(9-12-23)28-29(22-10-13-25-26(16-22)37-17-36-25)32-33(30(28)38-20(4)34)24-7-5-6-19(3)15-24/h5-13,15-16,18H,14,17H2,1-4H3,(H,31,35). The predicted molar refractivity (Wildman–Crippen MR) is 145 cm³/mol. The van der Waals surface area contributed by atoms with E-state index in [0.717, 1.165) is 22.4 Å². The zero-order chi connectivity index (χ0) is 26.8. The van der Waals surface area contributed by atoms with Crippen LogP contribution in [0.5, 0.6) is 17.4 Å². The number of aryl methyl sites for hydroxylation is 1. The lowest BCUT2D eigenvalue weighted by atomic mass is 10.0. The molecule has 0 fully saturated rings. The van der Waals surface area contributed by atoms with E-state index in [4.69, 9.17) is 19.3 Å². The number of nitrogens with zero attached hydrogens (tertiary/aromatic N) is 2. The van der Waals surface area contributed by atoms with Crippen LogP contribution in [0.2, 0.25) is 0 Å². The van der Waals surface area contributed by atoms with Crippen molar-refractivity contribution in [3.8, 4) is 45.5 Å². The number of ether oxygens (including phenoxy) is 3. The highest BCUT2D eigenvalue weighted by Crippen LogP contribution is 2.44. The minimum Gasteiger partial charge on any atom is -0.454 e. The Bertz CT molecular complexity index is 1510. The van der Waals surface area contributed by atoms with Crippen LogP contribution in [0.15, 0.2) is 66.7 Å². The second-order valence-corrected chi connectivity index (χ2v) is 9.66. The van der Waals surface area contributed by atoms with Crippen LogP contribution in [0.25, 0.3) is 28.1 Å². The molecule has 38 heavy (non-hydrogen) atoms. The van der Waals surface area contributed by atoms with Gasteiger partial charge in [0.2, 0.25) is 18.6 Å². The van der Waals surface area contributed by atoms with Gasteiger partial charge in [-0.2, -0.15) is 9.78 Å². The maximum atomic E-state index is 12.3. The Balaban J connectivity index is 1.66. The first kappa shape index (κ1) is 25.1. The van der Waals surface area contributed by atoms with Crippen molar-refractivity contribution >= 4 is 17.6 Å². The molecular weight excluding hydrogens is 482 g/mol. The molecular formula is C30H29N3O5. The SMILES string of the molecule is CC(=O)Oc1c(-c2ccc(NC(=O)CC(C)C)cc2)c(-c2ccc3c(c2)OCO3)nn1-c1cccc(C)c1. The van der Waals surface area contributed by atoms with Gasteiger partial charge in [0, 0.05) is 24.6 Å². The molecule has 1 N–H and O–H groups in total. The van der Waals surface area contributed by atoms with E-state index < -0.39 is 5.97 Å². The van der Waals surface area contributed by atoms with Crippen LogP contribution in [0, 0.1) is 12.8 Å². The highest BCUT2D eigenvalue weighted by Gasteiger charge is 2.26. The Morgan fingerprint density at radius 1 is 1.00 bits per heavy atom. The minimum atomic E-state index is -0.463. The maximum Gasteiger partial charge on any atom is 0.309 e. The lowest BCUT2D eigenvalue weighted by Gasteiger charge is -2.11. The number of rotatable bonds is 7. The number of aromatic nitrogens is 2. The van der Waals surface area contributed by atoms with Crippen LogP contribution >= 0.6 is 0 Å². The average Bonchev–Trinajstić information content (AvgIpc) is 3.48. The van der Waals surface area contributed by atoms with E-state index in [2.05, 4.69) is 5.32 Å². The van der Waals surface area contributed by atoms with Crippen molar-refractivity contribution < 1.29 is 23.8 Å². The van der Waals surface area contributed by atoms with Gasteiger partial charge in [0.05, 0.1) is 11.3 Å². The summed E-state index contributed by atoms with van der Waals surface area (Å²) in [6.45, 7) is 7.52. The molecule has 0 bridgehead atoms. The molecule has 1 aliphatic rings. The summed E-state index contributed by atoms with van der Waals surface area (Å²) in [5, 5.41) is 7.86. The second-order valence-electron chi connectivity index (χ2n) is 9.66. The zero-order valence-electron chi connectivity index (χ0n) is 21.8. The third kappa shape index (κ3) is 5.25. The summed E-state index contributed by atoms with van der Waals surface area (Å²) in [4.78, 5) is 24.5. The molecule has 0 spiro atoms. The fourth-order valence-corrected chi connectivity index (χ4v) is 4.38. The van der Waals surface area contributed by atoms with Gasteiger partial charge in [-0.25, -0.2) is 0 Å². The molecule has 8 nitrogen and oxygen atoms in total. The van der Waals surface area contributed by atoms with E-state index in [1.54, 1.807) is 4.68 Å². The van der Waals surface area contributed by atoms with E-state index in [0.29, 0.717) is 40.7 Å². The third-order valence-electron chi connectivity index (χ3n) is 6.03. The van der Waals surface area contributed by atoms with E-state index in [-0.39, 0.29) is 18.6 Å². The number of fused-ring (bicyclic) bond motifs is 1. The van der Waals surface area contributed by atoms with Crippen molar-refractivity contribution in [2.24, 2.45) is 5.92 Å². The van der Waals surface area contributed by atoms with Crippen molar-refractivity contribution in [1.29, 1.82) is 0 Å². The van der Waals surface area contributed by atoms with Gasteiger partial charge in [0.1, 0.15) is 5.69 Å². The number of esters is 1. The number of anilines is 1. The van der Waals surface area contributed by atoms with Crippen molar-refractivity contribution in [1.82, 2.24) is 9.78 Å². The van der Waals surface area contributed by atoms with Crippen LogP contribution in [-0.4, -0.2) is 28.4 Å². The van der Waals surface area contributed by atoms with Crippen LogP contribution < -0.4 is 19.5 Å². The molecule has 194 valence electrons. The second kappa shape index (κ2) is 10.4. The lowest BCUT2D eigenvalue weighted by molar-refractivity contribution is -0.132. The quantitative estimate of drug-likeness (QED) is 0.299. The van der Waals surface area contributed by atoms with Crippen LogP contribution in [0.4, 0.5) is 5.69 Å². The molecule has 1 aromatic heterocycles. The first-order chi connectivity index (χ1) is 18.3. The van der Waals surface area contributed by atoms with Gasteiger partial charge in [-0.15, -0.1) is 0 Å². The predicted octanol–water partition coefficient (Wildman–Crippen LogP) is 6.15. The number of nitrogens with one attached hydrogen (secondary N) is 1. The largest absolute Gasteiger partial charge is 0.454 e. The molecule has 4 aromatic rings. The number of carbonyl (C=O) groups is 2. The summed E-state index contributed by atoms with van der Waals surface area (Å²) in [7, 11) is 0. The Labute approximate surface area is 221 Å². The van der Waals surface area contributed by atoms with Gasteiger partial charge in [0.25, 0.3) is 0 Å². The first-order valence-corrected chi connectivity index (χ1v) is 12.5. The minimum absolute atomic E-state index is 0.0401. The maximum absolute atomic E-state index is 12.3. The van der Waals surface area contributed by atoms with E-state index >= 15 is 0 Å². The molecule has 2 heterocycles. The number of hydrogen-bond donors (Lipinski definition) is 1. The van der Waals surface area contributed by atoms with Crippen LogP contribution in [0.3, 0.4) is 0 Å². The van der Waals surface area contributed by atoms with Crippen LogP contribution in [-0.2, 0) is 9.59 Å². The van der Waals surface area contributed by atoms with E-state index in [1.807, 2.05) is 87.5 Å². The number of benzene rings is 3. The van der Waals surface area contributed by atoms with Gasteiger partial charge in [-0.1, -0.05) is 38.1 Å². The molecule has 1 amide bonds. The van der Waals surface area contributed by atoms with Gasteiger partial charge < -0.3 is 19.5 Å². The van der Waals surface area contributed by atoms with Gasteiger partial charge in [-0.3, -0.25) is 9.59 Å². The summed E-state index contributed by atoms with van der Waals surface area (Å²) in [6.07, 6.45) is 0.440. The topological polar surface area (TPSA) is 91.7 Å². The Kier molecular flexibility index (Phi) is 6.87. The lowest BCUT2D eigenvalue weighted by Crippen LogP contribution is -2.13. The highest BCUT2D eigenvalue weighted by molar-refractivity contribution is 5.92. The summed E-state index contributed by atoms with van der Waals surface area (Å²) in [6, 6.07) is 20.8. The van der Waals surface area contributed by atoms with E-state index in [1.165, 1.54) is 6.92 Å². The number of hydrogen-bond acceptors (Lipinski definition) is 6. The first-order valence-electron chi connectivity index (χ1n) is 12.5. The summed E-state index contributed by atoms with van der Waals surface area (Å²) >= 11 is 0. The Hall–Kier alpha value is -4.59. The number of carbonyl (C=O) groups excluding carboxylic acids is 2. The Morgan fingerprint density at radius 3 is 2.45 bits per heavy atom. The smallest absolute Gasteiger partial charge is 0.309 e. The van der Waals surface area contributed by atoms with Crippen molar-refractivity contribution in [3.63, 3.8) is 0 Å². The van der Waals surface area contributed by atoms with Crippen molar-refractivity contribution in [2.75, 3.05) is 12.1 Å². The molecule has 0 saturated heterocycles. The normalized spacial score (nSPS) is 12.0. The molecule has 0 radical (unpaired) electrons. The summed E-state index contributed by atoms with van der Waals surface area (Å²) in [5.74, 6) is 1.34. The fourth-order valence-electron chi connectivity index (χ4n) is 4.38. The average molecular weight is 512 g/mol. The highest BCUT2D eigenvalue weighted by atomic mass is 16.7. The molecule has 0 saturated carbocycles. The molecule has 0 unspecified atom stereocenters. The fraction of sp³-hybridized carbons (Fsp3) is 0.233. The number of amides is 1. The zero-order valence-corrected chi connectivity index (χ0v) is 21.8. The van der Waals surface area contributed by atoms with Gasteiger partial charge in [-0.05, 0) is 66.4 Å². The monoisotopic (exact) mass is 511 g/mol. The van der Waals surface area contributed by atoms with Gasteiger partial charge in [0.15, 0.2) is 11.5 Å². The Morgan fingerprint density at radius 2 is 1.74 bits per heavy atom. The van der Waals surface area contributed by atoms with Crippen LogP contribution in [0.1, 0.15) is 32.8 Å². The molecule has 0 aliphatic carbocycles. The molecule has 8 heteroatoms. The van der Waals surface area contributed by atoms with Crippen molar-refractivity contribution in [2.45, 2.75) is 34.1 Å². The molecule has 1 aliphatic heterocycles. The summed E-state index contributed by atoms with van der Waals surface area (Å²) in [5.41, 5.74) is 5.28. The van der Waals surface area contributed by atoms with Crippen molar-refractivity contribution in [3.05, 3.63) is 72.3 Å². The third-order valence-corrected chi connectivity index (χ3v) is 6.03. The molecule has 0 atom stereocenters. The van der Waals surface area contributed by atoms with Gasteiger partial charge >= 0.3 is 5.97 Å². The van der Waals surface area contributed by atoms with E-state index in [9.17, 15) is 9.59 Å². The molecule has 3 aromatic carbocycles. The summed E-state index contributed by atoms with van der Waals surface area (Å²) < 4.78 is 18.5.